The first-order valence-electron chi connectivity index (χ1n) is 8.77. The molecule has 3 aromatic rings. The van der Waals surface area contributed by atoms with E-state index in [1.54, 1.807) is 22.9 Å². The molecule has 0 radical (unpaired) electrons. The first-order valence-corrected chi connectivity index (χ1v) is 8.77. The average molecular weight is 362 g/mol. The van der Waals surface area contributed by atoms with Crippen LogP contribution in [0.3, 0.4) is 0 Å². The van der Waals surface area contributed by atoms with Crippen molar-refractivity contribution in [3.63, 3.8) is 0 Å². The Bertz CT molecular complexity index is 974. The first-order chi connectivity index (χ1) is 13.1. The Morgan fingerprint density at radius 2 is 1.67 bits per heavy atom. The highest BCUT2D eigenvalue weighted by atomic mass is 16.5. The predicted octanol–water partition coefficient (Wildman–Crippen LogP) is 3.25. The van der Waals surface area contributed by atoms with Gasteiger partial charge in [-0.15, -0.1) is 0 Å². The smallest absolute Gasteiger partial charge is 0.305 e. The van der Waals surface area contributed by atoms with Gasteiger partial charge in [-0.1, -0.05) is 36.4 Å². The van der Waals surface area contributed by atoms with Crippen molar-refractivity contribution >= 4 is 11.7 Å². The van der Waals surface area contributed by atoms with E-state index in [4.69, 9.17) is 5.73 Å². The molecule has 0 amide bonds. The van der Waals surface area contributed by atoms with Gasteiger partial charge < -0.3 is 15.0 Å². The van der Waals surface area contributed by atoms with Crippen molar-refractivity contribution in [3.8, 4) is 11.1 Å². The number of pyridine rings is 1. The highest BCUT2D eigenvalue weighted by Crippen LogP contribution is 2.17. The van der Waals surface area contributed by atoms with Crippen LogP contribution < -0.4 is 11.3 Å². The summed E-state index contributed by atoms with van der Waals surface area (Å²) >= 11 is 0. The molecule has 0 saturated heterocycles. The number of nitrogens with zero attached hydrogens (tertiary/aromatic N) is 1. The molecule has 2 N–H and O–H groups in total. The minimum absolute atomic E-state index is 0.0444. The zero-order chi connectivity index (χ0) is 19.2. The van der Waals surface area contributed by atoms with Crippen molar-refractivity contribution in [2.45, 2.75) is 19.4 Å². The number of rotatable bonds is 6. The number of carbonyl (C=O) groups is 1. The Labute approximate surface area is 158 Å². The molecule has 5 nitrogen and oxygen atoms in total. The molecule has 3 rings (SSSR count). The predicted molar refractivity (Wildman–Crippen MR) is 106 cm³/mol. The summed E-state index contributed by atoms with van der Waals surface area (Å²) in [6.45, 7) is 0.485. The third-order valence-corrected chi connectivity index (χ3v) is 4.46. The van der Waals surface area contributed by atoms with Gasteiger partial charge in [-0.25, -0.2) is 0 Å². The number of nitrogens with two attached hydrogens (primary N) is 1. The summed E-state index contributed by atoms with van der Waals surface area (Å²) in [6, 6.07) is 18.9. The number of hydrogen-bond donors (Lipinski definition) is 1. The van der Waals surface area contributed by atoms with Crippen molar-refractivity contribution in [2.75, 3.05) is 12.8 Å². The van der Waals surface area contributed by atoms with E-state index in [-0.39, 0.29) is 11.5 Å². The molecule has 0 aliphatic rings. The minimum atomic E-state index is -0.217. The number of ether oxygens (including phenoxy) is 1. The highest BCUT2D eigenvalue weighted by molar-refractivity contribution is 5.69. The lowest BCUT2D eigenvalue weighted by Gasteiger charge is -2.09. The fraction of sp³-hybridized carbons (Fsp3) is 0.182. The summed E-state index contributed by atoms with van der Waals surface area (Å²) in [6.07, 6.45) is 2.78. The molecule has 0 unspecified atom stereocenters. The highest BCUT2D eigenvalue weighted by Gasteiger charge is 2.07. The fourth-order valence-electron chi connectivity index (χ4n) is 2.90. The van der Waals surface area contributed by atoms with E-state index in [0.29, 0.717) is 30.6 Å². The van der Waals surface area contributed by atoms with Gasteiger partial charge in [0.05, 0.1) is 13.7 Å². The van der Waals surface area contributed by atoms with Crippen LogP contribution in [0.5, 0.6) is 0 Å². The van der Waals surface area contributed by atoms with Crippen LogP contribution in [0.4, 0.5) is 5.69 Å². The van der Waals surface area contributed by atoms with Gasteiger partial charge in [-0.05, 0) is 47.4 Å². The van der Waals surface area contributed by atoms with Gasteiger partial charge in [-0.3, -0.25) is 9.59 Å². The fourth-order valence-corrected chi connectivity index (χ4v) is 2.90. The SMILES string of the molecule is COC(=O)CCc1ccc(Cn2cccc(-c3ccc(N)cc3)c2=O)cc1. The number of carbonyl (C=O) groups excluding carboxylic acids is 1. The third-order valence-electron chi connectivity index (χ3n) is 4.46. The topological polar surface area (TPSA) is 74.3 Å². The molecule has 0 spiro atoms. The van der Waals surface area contributed by atoms with Crippen LogP contribution in [0, 0.1) is 0 Å². The van der Waals surface area contributed by atoms with Crippen LogP contribution in [0.15, 0.2) is 71.7 Å². The number of aryl methyl sites for hydroxylation is 1. The lowest BCUT2D eigenvalue weighted by Crippen LogP contribution is -2.21. The molecule has 2 aromatic carbocycles. The second kappa shape index (κ2) is 8.36. The average Bonchev–Trinajstić information content (AvgIpc) is 2.69. The Balaban J connectivity index is 1.76. The monoisotopic (exact) mass is 362 g/mol. The van der Waals surface area contributed by atoms with E-state index in [9.17, 15) is 9.59 Å². The zero-order valence-electron chi connectivity index (χ0n) is 15.2. The van der Waals surface area contributed by atoms with Crippen molar-refractivity contribution in [3.05, 3.63) is 88.3 Å². The lowest BCUT2D eigenvalue weighted by molar-refractivity contribution is -0.140. The number of nitrogen functional groups attached to an aromatic ring is 1. The molecule has 5 heteroatoms. The normalized spacial score (nSPS) is 10.6. The third kappa shape index (κ3) is 4.64. The molecule has 0 fully saturated rings. The standard InChI is InChI=1S/C22H22N2O3/c1-27-21(25)13-8-16-4-6-17(7-5-16)15-24-14-2-3-20(22(24)26)18-9-11-19(23)12-10-18/h2-7,9-12,14H,8,13,15,23H2,1H3. The summed E-state index contributed by atoms with van der Waals surface area (Å²) in [7, 11) is 1.39. The van der Waals surface area contributed by atoms with Crippen molar-refractivity contribution in [1.82, 2.24) is 4.57 Å². The second-order valence-corrected chi connectivity index (χ2v) is 6.37. The summed E-state index contributed by atoms with van der Waals surface area (Å²) in [5.41, 5.74) is 9.93. The van der Waals surface area contributed by atoms with Crippen LogP contribution in [-0.4, -0.2) is 17.6 Å². The van der Waals surface area contributed by atoms with E-state index in [2.05, 4.69) is 4.74 Å². The Morgan fingerprint density at radius 3 is 2.33 bits per heavy atom. The van der Waals surface area contributed by atoms with Crippen LogP contribution in [0.2, 0.25) is 0 Å². The molecule has 27 heavy (non-hydrogen) atoms. The molecule has 1 aromatic heterocycles. The summed E-state index contributed by atoms with van der Waals surface area (Å²) in [5.74, 6) is -0.217. The quantitative estimate of drug-likeness (QED) is 0.540. The summed E-state index contributed by atoms with van der Waals surface area (Å²) in [5, 5.41) is 0. The minimum Gasteiger partial charge on any atom is -0.469 e. The van der Waals surface area contributed by atoms with E-state index in [0.717, 1.165) is 16.7 Å². The maximum atomic E-state index is 12.8. The van der Waals surface area contributed by atoms with Gasteiger partial charge in [0, 0.05) is 23.9 Å². The molecule has 0 bridgehead atoms. The van der Waals surface area contributed by atoms with Gasteiger partial charge in [0.2, 0.25) is 0 Å². The van der Waals surface area contributed by atoms with Gasteiger partial charge in [0.1, 0.15) is 0 Å². The van der Waals surface area contributed by atoms with E-state index >= 15 is 0 Å². The number of esters is 1. The molecular weight excluding hydrogens is 340 g/mol. The van der Waals surface area contributed by atoms with Crippen molar-refractivity contribution < 1.29 is 9.53 Å². The Hall–Kier alpha value is -3.34. The number of methoxy groups -OCH3 is 1. The van der Waals surface area contributed by atoms with Crippen LogP contribution in [0.25, 0.3) is 11.1 Å². The molecule has 1 heterocycles. The molecular formula is C22H22N2O3. The van der Waals surface area contributed by atoms with E-state index in [1.165, 1.54) is 7.11 Å². The molecule has 0 atom stereocenters. The number of benzene rings is 2. The molecule has 138 valence electrons. The van der Waals surface area contributed by atoms with Gasteiger partial charge in [0.15, 0.2) is 0 Å². The number of aromatic nitrogens is 1. The maximum Gasteiger partial charge on any atom is 0.305 e. The molecule has 0 aliphatic heterocycles. The van der Waals surface area contributed by atoms with Gasteiger partial charge >= 0.3 is 5.97 Å². The first kappa shape index (κ1) is 18.5. The van der Waals surface area contributed by atoms with Crippen LogP contribution in [0.1, 0.15) is 17.5 Å². The van der Waals surface area contributed by atoms with Crippen molar-refractivity contribution in [2.24, 2.45) is 0 Å². The van der Waals surface area contributed by atoms with Gasteiger partial charge in [0.25, 0.3) is 5.56 Å². The zero-order valence-corrected chi connectivity index (χ0v) is 15.2. The van der Waals surface area contributed by atoms with Crippen LogP contribution >= 0.6 is 0 Å². The van der Waals surface area contributed by atoms with E-state index < -0.39 is 0 Å². The Kier molecular flexibility index (Phi) is 5.71. The van der Waals surface area contributed by atoms with Crippen LogP contribution in [-0.2, 0) is 22.5 Å². The summed E-state index contributed by atoms with van der Waals surface area (Å²) < 4.78 is 6.35. The molecule has 0 aliphatic carbocycles. The second-order valence-electron chi connectivity index (χ2n) is 6.37. The van der Waals surface area contributed by atoms with Crippen molar-refractivity contribution in [1.29, 1.82) is 0 Å². The van der Waals surface area contributed by atoms with Gasteiger partial charge in [-0.2, -0.15) is 0 Å². The largest absolute Gasteiger partial charge is 0.469 e. The number of hydrogen-bond acceptors (Lipinski definition) is 4. The number of anilines is 1. The Morgan fingerprint density at radius 1 is 1.00 bits per heavy atom. The van der Waals surface area contributed by atoms with E-state index in [1.807, 2.05) is 48.5 Å². The lowest BCUT2D eigenvalue weighted by atomic mass is 10.1. The summed E-state index contributed by atoms with van der Waals surface area (Å²) in [4.78, 5) is 24.0. The molecule has 0 saturated carbocycles. The maximum absolute atomic E-state index is 12.8.